The maximum absolute atomic E-state index is 12.5. The average Bonchev–Trinajstić information content (AvgIpc) is 3.10. The molecule has 2 rings (SSSR count). The van der Waals surface area contributed by atoms with Gasteiger partial charge in [-0.2, -0.15) is 13.2 Å². The van der Waals surface area contributed by atoms with Gasteiger partial charge >= 0.3 is 6.18 Å². The maximum atomic E-state index is 12.5. The molecule has 0 spiro atoms. The Balaban J connectivity index is 2.13. The third-order valence-corrected chi connectivity index (χ3v) is 3.69. The minimum atomic E-state index is -4.39. The van der Waals surface area contributed by atoms with Crippen LogP contribution >= 0.6 is 11.3 Å². The number of halogens is 3. The van der Waals surface area contributed by atoms with Crippen molar-refractivity contribution in [3.63, 3.8) is 0 Å². The van der Waals surface area contributed by atoms with Crippen LogP contribution in [0.5, 0.6) is 0 Å². The maximum Gasteiger partial charge on any atom is 0.406 e. The van der Waals surface area contributed by atoms with E-state index in [2.05, 4.69) is 11.8 Å². The van der Waals surface area contributed by atoms with Crippen LogP contribution in [0.4, 0.5) is 13.2 Å². The quantitative estimate of drug-likeness (QED) is 0.870. The molecule has 1 saturated carbocycles. The molecule has 1 fully saturated rings. The predicted molar refractivity (Wildman–Crippen MR) is 68.4 cm³/mol. The average molecular weight is 303 g/mol. The van der Waals surface area contributed by atoms with Gasteiger partial charge in [0.2, 0.25) is 0 Å². The molecule has 0 aromatic carbocycles. The second-order valence-corrected chi connectivity index (χ2v) is 5.49. The van der Waals surface area contributed by atoms with Crippen LogP contribution in [-0.2, 0) is 0 Å². The zero-order valence-electron chi connectivity index (χ0n) is 10.4. The molecule has 20 heavy (non-hydrogen) atoms. The number of carbonyl (C=O) groups excluding carboxylic acids is 1. The number of aliphatic hydroxyl groups excluding tert-OH is 1. The summed E-state index contributed by atoms with van der Waals surface area (Å²) in [6, 6.07) is 2.73. The van der Waals surface area contributed by atoms with E-state index in [1.165, 1.54) is 6.07 Å². The molecular formula is C13H12F3NO2S. The van der Waals surface area contributed by atoms with E-state index in [-0.39, 0.29) is 17.5 Å². The minimum Gasteiger partial charge on any atom is -0.384 e. The zero-order valence-corrected chi connectivity index (χ0v) is 11.2. The van der Waals surface area contributed by atoms with Gasteiger partial charge in [-0.25, -0.2) is 0 Å². The highest BCUT2D eigenvalue weighted by molar-refractivity contribution is 7.14. The monoisotopic (exact) mass is 303 g/mol. The normalized spacial score (nSPS) is 14.6. The number of hydrogen-bond acceptors (Lipinski definition) is 3. The summed E-state index contributed by atoms with van der Waals surface area (Å²) in [5.74, 6) is 4.45. The first-order valence-electron chi connectivity index (χ1n) is 5.98. The Bertz CT molecular complexity index is 552. The Morgan fingerprint density at radius 2 is 2.15 bits per heavy atom. The topological polar surface area (TPSA) is 40.5 Å². The molecule has 7 heteroatoms. The summed E-state index contributed by atoms with van der Waals surface area (Å²) < 4.78 is 37.5. The van der Waals surface area contributed by atoms with E-state index in [0.717, 1.165) is 16.2 Å². The Morgan fingerprint density at radius 1 is 1.45 bits per heavy atom. The second-order valence-electron chi connectivity index (χ2n) is 4.40. The lowest BCUT2D eigenvalue weighted by molar-refractivity contribution is -0.141. The van der Waals surface area contributed by atoms with Gasteiger partial charge in [0.05, 0.1) is 9.75 Å². The first-order valence-corrected chi connectivity index (χ1v) is 6.79. The number of carbonyl (C=O) groups is 1. The molecule has 0 saturated heterocycles. The van der Waals surface area contributed by atoms with E-state index >= 15 is 0 Å². The Hall–Kier alpha value is -1.52. The fourth-order valence-electron chi connectivity index (χ4n) is 1.73. The van der Waals surface area contributed by atoms with Crippen molar-refractivity contribution >= 4 is 17.2 Å². The summed E-state index contributed by atoms with van der Waals surface area (Å²) >= 11 is 1.04. The van der Waals surface area contributed by atoms with Gasteiger partial charge in [0.1, 0.15) is 13.2 Å². The van der Waals surface area contributed by atoms with Crippen molar-refractivity contribution in [2.45, 2.75) is 25.1 Å². The molecule has 0 bridgehead atoms. The second kappa shape index (κ2) is 5.85. The lowest BCUT2D eigenvalue weighted by Gasteiger charge is -2.23. The highest BCUT2D eigenvalue weighted by atomic mass is 32.1. The fraction of sp³-hybridized carbons (Fsp3) is 0.462. The summed E-state index contributed by atoms with van der Waals surface area (Å²) in [5, 5.41) is 8.57. The van der Waals surface area contributed by atoms with Crippen LogP contribution in [0.1, 0.15) is 27.4 Å². The van der Waals surface area contributed by atoms with Crippen LogP contribution in [0.15, 0.2) is 12.1 Å². The molecular weight excluding hydrogens is 291 g/mol. The number of amides is 1. The van der Waals surface area contributed by atoms with Crippen LogP contribution in [0.2, 0.25) is 0 Å². The van der Waals surface area contributed by atoms with Gasteiger partial charge in [0.15, 0.2) is 0 Å². The zero-order chi connectivity index (χ0) is 14.8. The van der Waals surface area contributed by atoms with Crippen LogP contribution < -0.4 is 0 Å². The van der Waals surface area contributed by atoms with Gasteiger partial charge in [-0.15, -0.1) is 11.3 Å². The summed E-state index contributed by atoms with van der Waals surface area (Å²) in [7, 11) is 0. The van der Waals surface area contributed by atoms with E-state index in [9.17, 15) is 18.0 Å². The molecule has 0 radical (unpaired) electrons. The Morgan fingerprint density at radius 3 is 2.70 bits per heavy atom. The van der Waals surface area contributed by atoms with Crippen LogP contribution in [0.25, 0.3) is 0 Å². The van der Waals surface area contributed by atoms with Crippen molar-refractivity contribution in [1.82, 2.24) is 4.90 Å². The smallest absolute Gasteiger partial charge is 0.384 e. The predicted octanol–water partition coefficient (Wildman–Crippen LogP) is 2.26. The van der Waals surface area contributed by atoms with Gasteiger partial charge in [0, 0.05) is 6.04 Å². The van der Waals surface area contributed by atoms with E-state index in [1.54, 1.807) is 6.07 Å². The van der Waals surface area contributed by atoms with Gasteiger partial charge in [0.25, 0.3) is 5.91 Å². The third-order valence-electron chi connectivity index (χ3n) is 2.71. The number of aliphatic hydroxyl groups is 1. The molecule has 1 aliphatic carbocycles. The third kappa shape index (κ3) is 3.99. The first kappa shape index (κ1) is 14.9. The molecule has 1 N–H and O–H groups in total. The molecule has 108 valence electrons. The van der Waals surface area contributed by atoms with E-state index in [4.69, 9.17) is 5.11 Å². The van der Waals surface area contributed by atoms with Gasteiger partial charge in [-0.3, -0.25) is 4.79 Å². The van der Waals surface area contributed by atoms with Gasteiger partial charge in [-0.05, 0) is 25.0 Å². The molecule has 0 atom stereocenters. The molecule has 0 unspecified atom stereocenters. The summed E-state index contributed by atoms with van der Waals surface area (Å²) in [6.07, 6.45) is -3.16. The summed E-state index contributed by atoms with van der Waals surface area (Å²) in [4.78, 5) is 13.8. The van der Waals surface area contributed by atoms with E-state index in [0.29, 0.717) is 17.7 Å². The van der Waals surface area contributed by atoms with Crippen LogP contribution in [0, 0.1) is 11.8 Å². The highest BCUT2D eigenvalue weighted by Crippen LogP contribution is 2.32. The lowest BCUT2D eigenvalue weighted by atomic mass is 10.3. The minimum absolute atomic E-state index is 0.239. The summed E-state index contributed by atoms with van der Waals surface area (Å²) in [6.45, 7) is -1.52. The number of hydrogen-bond donors (Lipinski definition) is 1. The number of thiophene rings is 1. The van der Waals surface area contributed by atoms with Crippen molar-refractivity contribution < 1.29 is 23.1 Å². The number of nitrogens with zero attached hydrogens (tertiary/aromatic N) is 1. The van der Waals surface area contributed by atoms with Crippen molar-refractivity contribution in [1.29, 1.82) is 0 Å². The molecule has 1 aliphatic rings. The number of alkyl halides is 3. The van der Waals surface area contributed by atoms with Gasteiger partial charge in [-0.1, -0.05) is 11.8 Å². The first-order chi connectivity index (χ1) is 9.40. The largest absolute Gasteiger partial charge is 0.406 e. The van der Waals surface area contributed by atoms with Crippen LogP contribution in [0.3, 0.4) is 0 Å². The molecule has 1 aromatic rings. The Kier molecular flexibility index (Phi) is 4.35. The highest BCUT2D eigenvalue weighted by Gasteiger charge is 2.41. The standard InChI is InChI=1S/C13H12F3NO2S/c14-13(15,16)8-17(9-3-4-9)12(19)11-6-5-10(20-11)2-1-7-18/h5-6,9,18H,3-4,7-8H2. The summed E-state index contributed by atoms with van der Waals surface area (Å²) in [5.41, 5.74) is 0. The van der Waals surface area contributed by atoms with Gasteiger partial charge < -0.3 is 10.0 Å². The van der Waals surface area contributed by atoms with Crippen molar-refractivity contribution in [3.8, 4) is 11.8 Å². The SMILES string of the molecule is O=C(c1ccc(C#CCO)s1)N(CC(F)(F)F)C1CC1. The molecule has 0 aliphatic heterocycles. The Labute approximate surface area is 118 Å². The van der Waals surface area contributed by atoms with E-state index in [1.807, 2.05) is 0 Å². The molecule has 1 heterocycles. The molecule has 3 nitrogen and oxygen atoms in total. The van der Waals surface area contributed by atoms with Crippen LogP contribution in [-0.4, -0.2) is 41.3 Å². The van der Waals surface area contributed by atoms with Crippen molar-refractivity contribution in [3.05, 3.63) is 21.9 Å². The van der Waals surface area contributed by atoms with Crippen molar-refractivity contribution in [2.24, 2.45) is 0 Å². The van der Waals surface area contributed by atoms with Crippen molar-refractivity contribution in [2.75, 3.05) is 13.2 Å². The molecule has 1 amide bonds. The number of rotatable bonds is 3. The fourth-order valence-corrected chi connectivity index (χ4v) is 2.57. The van der Waals surface area contributed by atoms with E-state index < -0.39 is 18.6 Å². The molecule has 1 aromatic heterocycles. The lowest BCUT2D eigenvalue weighted by Crippen LogP contribution is -2.40.